The first-order valence-corrected chi connectivity index (χ1v) is 9.13. The smallest absolute Gasteiger partial charge is 0.150 e. The quantitative estimate of drug-likeness (QED) is 0.917. The molecule has 1 fully saturated rings. The molecule has 1 aromatic rings. The highest BCUT2D eigenvalue weighted by molar-refractivity contribution is 7.90. The van der Waals surface area contributed by atoms with Gasteiger partial charge in [-0.1, -0.05) is 29.3 Å². The van der Waals surface area contributed by atoms with E-state index in [1.165, 1.54) is 6.26 Å². The van der Waals surface area contributed by atoms with Gasteiger partial charge >= 0.3 is 0 Å². The summed E-state index contributed by atoms with van der Waals surface area (Å²) in [6.45, 7) is 1.86. The molecule has 20 heavy (non-hydrogen) atoms. The van der Waals surface area contributed by atoms with Crippen LogP contribution in [0.5, 0.6) is 0 Å². The van der Waals surface area contributed by atoms with Gasteiger partial charge in [-0.25, -0.2) is 8.42 Å². The van der Waals surface area contributed by atoms with E-state index in [0.29, 0.717) is 29.7 Å². The number of benzene rings is 1. The average Bonchev–Trinajstić information content (AvgIpc) is 2.56. The maximum absolute atomic E-state index is 11.6. The summed E-state index contributed by atoms with van der Waals surface area (Å²) in [6, 6.07) is 5.37. The van der Waals surface area contributed by atoms with Crippen molar-refractivity contribution >= 4 is 33.0 Å². The van der Waals surface area contributed by atoms with Crippen LogP contribution in [0.4, 0.5) is 0 Å². The molecule has 1 heterocycles. The van der Waals surface area contributed by atoms with E-state index >= 15 is 0 Å². The van der Waals surface area contributed by atoms with Crippen LogP contribution in [0.2, 0.25) is 10.0 Å². The van der Waals surface area contributed by atoms with E-state index in [4.69, 9.17) is 27.9 Å². The Morgan fingerprint density at radius 3 is 2.75 bits per heavy atom. The van der Waals surface area contributed by atoms with Gasteiger partial charge in [0.05, 0.1) is 28.5 Å². The average molecular weight is 338 g/mol. The standard InChI is InChI=1S/C13H17Cl2NO3S/c1-20(17,18)8-13-10(7-16-4-5-19-13)9-2-3-11(14)12(15)6-9/h2-3,6,10,13,16H,4-5,7-8H2,1H3/t10?,13-/m1/s1. The van der Waals surface area contributed by atoms with Crippen molar-refractivity contribution in [1.29, 1.82) is 0 Å². The number of halogens is 2. The van der Waals surface area contributed by atoms with Gasteiger partial charge in [0.15, 0.2) is 0 Å². The maximum atomic E-state index is 11.6. The summed E-state index contributed by atoms with van der Waals surface area (Å²) in [5, 5.41) is 4.20. The molecule has 0 bridgehead atoms. The highest BCUT2D eigenvalue weighted by Gasteiger charge is 2.29. The molecule has 1 aromatic carbocycles. The van der Waals surface area contributed by atoms with Crippen molar-refractivity contribution in [2.75, 3.05) is 31.7 Å². The molecule has 1 unspecified atom stereocenters. The highest BCUT2D eigenvalue weighted by atomic mass is 35.5. The number of hydrogen-bond donors (Lipinski definition) is 1. The second kappa shape index (κ2) is 6.62. The molecule has 0 aliphatic carbocycles. The third-order valence-electron chi connectivity index (χ3n) is 3.26. The van der Waals surface area contributed by atoms with Crippen LogP contribution in [-0.2, 0) is 14.6 Å². The van der Waals surface area contributed by atoms with Crippen LogP contribution < -0.4 is 5.32 Å². The van der Waals surface area contributed by atoms with E-state index in [-0.39, 0.29) is 17.8 Å². The molecular weight excluding hydrogens is 321 g/mol. The Morgan fingerprint density at radius 1 is 1.35 bits per heavy atom. The Morgan fingerprint density at radius 2 is 2.10 bits per heavy atom. The van der Waals surface area contributed by atoms with Gasteiger partial charge in [0.2, 0.25) is 0 Å². The SMILES string of the molecule is CS(=O)(=O)C[C@H]1OCCNCC1c1ccc(Cl)c(Cl)c1. The molecule has 1 saturated heterocycles. The lowest BCUT2D eigenvalue weighted by Gasteiger charge is -2.24. The van der Waals surface area contributed by atoms with E-state index in [2.05, 4.69) is 5.32 Å². The van der Waals surface area contributed by atoms with Crippen LogP contribution in [0.25, 0.3) is 0 Å². The van der Waals surface area contributed by atoms with Crippen LogP contribution in [0, 0.1) is 0 Å². The molecule has 0 saturated carbocycles. The van der Waals surface area contributed by atoms with Gasteiger partial charge in [-0.05, 0) is 17.7 Å². The Hall–Kier alpha value is -0.330. The third kappa shape index (κ3) is 4.33. The normalized spacial score (nSPS) is 24.4. The summed E-state index contributed by atoms with van der Waals surface area (Å²) in [4.78, 5) is 0. The summed E-state index contributed by atoms with van der Waals surface area (Å²) in [5.74, 6) is -0.0680. The summed E-state index contributed by atoms with van der Waals surface area (Å²) < 4.78 is 28.8. The third-order valence-corrected chi connectivity index (χ3v) is 4.94. The molecule has 4 nitrogen and oxygen atoms in total. The molecule has 0 radical (unpaired) electrons. The number of hydrogen-bond acceptors (Lipinski definition) is 4. The molecular formula is C13H17Cl2NO3S. The van der Waals surface area contributed by atoms with Crippen LogP contribution >= 0.6 is 23.2 Å². The second-order valence-electron chi connectivity index (χ2n) is 4.99. The molecule has 7 heteroatoms. The molecule has 1 N–H and O–H groups in total. The lowest BCUT2D eigenvalue weighted by atomic mass is 9.94. The highest BCUT2D eigenvalue weighted by Crippen LogP contribution is 2.30. The van der Waals surface area contributed by atoms with Gasteiger partial charge in [0.1, 0.15) is 9.84 Å². The van der Waals surface area contributed by atoms with Crippen LogP contribution in [0.3, 0.4) is 0 Å². The first kappa shape index (κ1) is 16.0. The van der Waals surface area contributed by atoms with Crippen molar-refractivity contribution in [1.82, 2.24) is 5.32 Å². The Kier molecular flexibility index (Phi) is 5.31. The monoisotopic (exact) mass is 337 g/mol. The molecule has 0 spiro atoms. The summed E-state index contributed by atoms with van der Waals surface area (Å²) in [6.07, 6.45) is 0.845. The topological polar surface area (TPSA) is 55.4 Å². The number of rotatable bonds is 3. The minimum atomic E-state index is -3.11. The zero-order chi connectivity index (χ0) is 14.8. The Bertz CT molecular complexity index is 577. The van der Waals surface area contributed by atoms with Crippen molar-refractivity contribution in [3.8, 4) is 0 Å². The summed E-state index contributed by atoms with van der Waals surface area (Å²) >= 11 is 12.0. The molecule has 2 atom stereocenters. The van der Waals surface area contributed by atoms with E-state index in [9.17, 15) is 8.42 Å². The van der Waals surface area contributed by atoms with Crippen molar-refractivity contribution in [3.63, 3.8) is 0 Å². The fourth-order valence-corrected chi connectivity index (χ4v) is 3.56. The van der Waals surface area contributed by atoms with Gasteiger partial charge < -0.3 is 10.1 Å². The first-order chi connectivity index (χ1) is 9.37. The van der Waals surface area contributed by atoms with Crippen molar-refractivity contribution in [3.05, 3.63) is 33.8 Å². The molecule has 0 aromatic heterocycles. The van der Waals surface area contributed by atoms with Crippen molar-refractivity contribution in [2.24, 2.45) is 0 Å². The van der Waals surface area contributed by atoms with E-state index in [0.717, 1.165) is 5.56 Å². The largest absolute Gasteiger partial charge is 0.375 e. The zero-order valence-electron chi connectivity index (χ0n) is 11.1. The lowest BCUT2D eigenvalue weighted by molar-refractivity contribution is 0.0681. The predicted molar refractivity (Wildman–Crippen MR) is 81.5 cm³/mol. The van der Waals surface area contributed by atoms with Gasteiger partial charge in [-0.2, -0.15) is 0 Å². The van der Waals surface area contributed by atoms with Crippen LogP contribution in [0.15, 0.2) is 18.2 Å². The molecule has 1 aliphatic heterocycles. The number of sulfone groups is 1. The predicted octanol–water partition coefficient (Wildman–Crippen LogP) is 2.11. The molecule has 112 valence electrons. The number of nitrogens with one attached hydrogen (secondary N) is 1. The van der Waals surface area contributed by atoms with Gasteiger partial charge in [0, 0.05) is 25.3 Å². The molecule has 0 amide bonds. The lowest BCUT2D eigenvalue weighted by Crippen LogP contribution is -2.32. The van der Waals surface area contributed by atoms with Crippen LogP contribution in [-0.4, -0.2) is 46.2 Å². The summed E-state index contributed by atoms with van der Waals surface area (Å²) in [5.41, 5.74) is 0.933. The minimum Gasteiger partial charge on any atom is -0.375 e. The van der Waals surface area contributed by atoms with Crippen LogP contribution in [0.1, 0.15) is 11.5 Å². The van der Waals surface area contributed by atoms with Crippen molar-refractivity contribution < 1.29 is 13.2 Å². The van der Waals surface area contributed by atoms with E-state index in [1.807, 2.05) is 6.07 Å². The minimum absolute atomic E-state index is 0.000405. The second-order valence-corrected chi connectivity index (χ2v) is 7.99. The first-order valence-electron chi connectivity index (χ1n) is 6.32. The fourth-order valence-electron chi connectivity index (χ4n) is 2.33. The van der Waals surface area contributed by atoms with Gasteiger partial charge in [-0.15, -0.1) is 0 Å². The van der Waals surface area contributed by atoms with Crippen molar-refractivity contribution in [2.45, 2.75) is 12.0 Å². The zero-order valence-corrected chi connectivity index (χ0v) is 13.4. The number of ether oxygens (including phenoxy) is 1. The Labute approximate surface area is 129 Å². The Balaban J connectivity index is 2.29. The fraction of sp³-hybridized carbons (Fsp3) is 0.538. The summed E-state index contributed by atoms with van der Waals surface area (Å²) in [7, 11) is -3.11. The molecule has 1 aliphatic rings. The van der Waals surface area contributed by atoms with E-state index < -0.39 is 9.84 Å². The van der Waals surface area contributed by atoms with E-state index in [1.54, 1.807) is 12.1 Å². The maximum Gasteiger partial charge on any atom is 0.150 e. The molecule has 2 rings (SSSR count). The van der Waals surface area contributed by atoms with Gasteiger partial charge in [0.25, 0.3) is 0 Å². The van der Waals surface area contributed by atoms with Gasteiger partial charge in [-0.3, -0.25) is 0 Å².